The molecule has 1 unspecified atom stereocenters. The molecular formula is C19H29NO. The molecule has 1 saturated heterocycles. The Morgan fingerprint density at radius 1 is 1.10 bits per heavy atom. The normalized spacial score (nSPS) is 37.0. The monoisotopic (exact) mass is 287 g/mol. The largest absolute Gasteiger partial charge is 0.366 e. The molecule has 1 aromatic rings. The van der Waals surface area contributed by atoms with Gasteiger partial charge in [0, 0.05) is 13.1 Å². The molecule has 21 heavy (non-hydrogen) atoms. The molecule has 116 valence electrons. The molecule has 0 radical (unpaired) electrons. The van der Waals surface area contributed by atoms with E-state index >= 15 is 0 Å². The van der Waals surface area contributed by atoms with E-state index in [1.807, 2.05) is 0 Å². The SMILES string of the molecule is CC(C)C1(C)CNCC2(CCC(c3ccccc3)CC2)O1. The third kappa shape index (κ3) is 3.02. The molecule has 1 spiro atoms. The van der Waals surface area contributed by atoms with Crippen molar-refractivity contribution in [3.63, 3.8) is 0 Å². The number of benzene rings is 1. The Morgan fingerprint density at radius 2 is 1.76 bits per heavy atom. The molecule has 0 bridgehead atoms. The quantitative estimate of drug-likeness (QED) is 0.883. The van der Waals surface area contributed by atoms with Crippen LogP contribution in [0, 0.1) is 5.92 Å². The predicted molar refractivity (Wildman–Crippen MR) is 87.6 cm³/mol. The first-order valence-corrected chi connectivity index (χ1v) is 8.49. The highest BCUT2D eigenvalue weighted by molar-refractivity contribution is 5.20. The van der Waals surface area contributed by atoms with E-state index in [9.17, 15) is 0 Å². The van der Waals surface area contributed by atoms with E-state index in [2.05, 4.69) is 56.4 Å². The van der Waals surface area contributed by atoms with Crippen molar-refractivity contribution in [2.24, 2.45) is 5.92 Å². The summed E-state index contributed by atoms with van der Waals surface area (Å²) >= 11 is 0. The van der Waals surface area contributed by atoms with Crippen LogP contribution in [0.2, 0.25) is 0 Å². The molecule has 1 saturated carbocycles. The minimum Gasteiger partial charge on any atom is -0.366 e. The van der Waals surface area contributed by atoms with E-state index in [-0.39, 0.29) is 11.2 Å². The van der Waals surface area contributed by atoms with Crippen LogP contribution in [-0.2, 0) is 4.74 Å². The molecule has 1 heterocycles. The van der Waals surface area contributed by atoms with E-state index < -0.39 is 0 Å². The van der Waals surface area contributed by atoms with E-state index in [4.69, 9.17) is 4.74 Å². The highest BCUT2D eigenvalue weighted by atomic mass is 16.5. The molecular weight excluding hydrogens is 258 g/mol. The lowest BCUT2D eigenvalue weighted by Crippen LogP contribution is -2.62. The highest BCUT2D eigenvalue weighted by Gasteiger charge is 2.46. The van der Waals surface area contributed by atoms with Gasteiger partial charge >= 0.3 is 0 Å². The average molecular weight is 287 g/mol. The summed E-state index contributed by atoms with van der Waals surface area (Å²) < 4.78 is 6.69. The van der Waals surface area contributed by atoms with E-state index in [0.717, 1.165) is 13.1 Å². The first-order chi connectivity index (χ1) is 10.0. The zero-order valence-corrected chi connectivity index (χ0v) is 13.7. The van der Waals surface area contributed by atoms with Crippen LogP contribution in [0.25, 0.3) is 0 Å². The fraction of sp³-hybridized carbons (Fsp3) is 0.684. The Kier molecular flexibility index (Phi) is 4.11. The van der Waals surface area contributed by atoms with Crippen molar-refractivity contribution in [1.82, 2.24) is 5.32 Å². The maximum Gasteiger partial charge on any atom is 0.0814 e. The fourth-order valence-corrected chi connectivity index (χ4v) is 3.91. The van der Waals surface area contributed by atoms with Gasteiger partial charge in [-0.25, -0.2) is 0 Å². The lowest BCUT2D eigenvalue weighted by atomic mass is 9.74. The van der Waals surface area contributed by atoms with Gasteiger partial charge in [-0.1, -0.05) is 44.2 Å². The predicted octanol–water partition coefficient (Wildman–Crippen LogP) is 4.12. The summed E-state index contributed by atoms with van der Waals surface area (Å²) in [4.78, 5) is 0. The first kappa shape index (κ1) is 15.1. The van der Waals surface area contributed by atoms with Crippen LogP contribution in [0.1, 0.15) is 57.9 Å². The second-order valence-electron chi connectivity index (χ2n) is 7.54. The number of morpholine rings is 1. The van der Waals surface area contributed by atoms with Crippen molar-refractivity contribution in [2.75, 3.05) is 13.1 Å². The topological polar surface area (TPSA) is 21.3 Å². The second kappa shape index (κ2) is 5.73. The van der Waals surface area contributed by atoms with Gasteiger partial charge in [-0.05, 0) is 50.0 Å². The molecule has 0 amide bonds. The summed E-state index contributed by atoms with van der Waals surface area (Å²) in [5, 5.41) is 3.65. The highest BCUT2D eigenvalue weighted by Crippen LogP contribution is 2.44. The summed E-state index contributed by atoms with van der Waals surface area (Å²) in [7, 11) is 0. The van der Waals surface area contributed by atoms with Crippen molar-refractivity contribution < 1.29 is 4.74 Å². The second-order valence-corrected chi connectivity index (χ2v) is 7.54. The van der Waals surface area contributed by atoms with Gasteiger partial charge in [-0.15, -0.1) is 0 Å². The summed E-state index contributed by atoms with van der Waals surface area (Å²) in [6, 6.07) is 11.0. The third-order valence-corrected chi connectivity index (χ3v) is 5.76. The Morgan fingerprint density at radius 3 is 2.38 bits per heavy atom. The van der Waals surface area contributed by atoms with Crippen LogP contribution in [0.15, 0.2) is 30.3 Å². The van der Waals surface area contributed by atoms with Crippen molar-refractivity contribution in [3.8, 4) is 0 Å². The van der Waals surface area contributed by atoms with Gasteiger partial charge in [0.05, 0.1) is 11.2 Å². The molecule has 1 atom stereocenters. The smallest absolute Gasteiger partial charge is 0.0814 e. The summed E-state index contributed by atoms with van der Waals surface area (Å²) in [5.74, 6) is 1.27. The minimum absolute atomic E-state index is 0.0160. The van der Waals surface area contributed by atoms with Gasteiger partial charge in [0.15, 0.2) is 0 Å². The third-order valence-electron chi connectivity index (χ3n) is 5.76. The number of hydrogen-bond acceptors (Lipinski definition) is 2. The summed E-state index contributed by atoms with van der Waals surface area (Å²) in [5.41, 5.74) is 1.56. The zero-order chi connectivity index (χ0) is 14.9. The van der Waals surface area contributed by atoms with Crippen LogP contribution in [0.3, 0.4) is 0 Å². The molecule has 1 aliphatic carbocycles. The van der Waals surface area contributed by atoms with Gasteiger partial charge in [0.1, 0.15) is 0 Å². The van der Waals surface area contributed by atoms with Crippen LogP contribution >= 0.6 is 0 Å². The first-order valence-electron chi connectivity index (χ1n) is 8.49. The number of nitrogens with one attached hydrogen (secondary N) is 1. The maximum absolute atomic E-state index is 6.69. The Hall–Kier alpha value is -0.860. The Labute approximate surface area is 129 Å². The molecule has 2 nitrogen and oxygen atoms in total. The Bertz CT molecular complexity index is 462. The van der Waals surface area contributed by atoms with Crippen molar-refractivity contribution in [3.05, 3.63) is 35.9 Å². The van der Waals surface area contributed by atoms with Crippen molar-refractivity contribution in [1.29, 1.82) is 0 Å². The van der Waals surface area contributed by atoms with Crippen LogP contribution in [0.5, 0.6) is 0 Å². The van der Waals surface area contributed by atoms with Crippen molar-refractivity contribution in [2.45, 2.75) is 63.6 Å². The van der Waals surface area contributed by atoms with Gasteiger partial charge in [-0.3, -0.25) is 0 Å². The maximum atomic E-state index is 6.69. The lowest BCUT2D eigenvalue weighted by molar-refractivity contribution is -0.201. The van der Waals surface area contributed by atoms with Gasteiger partial charge in [-0.2, -0.15) is 0 Å². The van der Waals surface area contributed by atoms with E-state index in [1.54, 1.807) is 0 Å². The van der Waals surface area contributed by atoms with E-state index in [0.29, 0.717) is 11.8 Å². The van der Waals surface area contributed by atoms with Crippen molar-refractivity contribution >= 4 is 0 Å². The molecule has 2 heteroatoms. The van der Waals surface area contributed by atoms with Gasteiger partial charge in [0.2, 0.25) is 0 Å². The number of rotatable bonds is 2. The molecule has 0 aromatic heterocycles. The molecule has 3 rings (SSSR count). The average Bonchev–Trinajstić information content (AvgIpc) is 2.49. The molecule has 1 aliphatic heterocycles. The van der Waals surface area contributed by atoms with Crippen LogP contribution < -0.4 is 5.32 Å². The zero-order valence-electron chi connectivity index (χ0n) is 13.7. The number of hydrogen-bond donors (Lipinski definition) is 1. The Balaban J connectivity index is 1.67. The standard InChI is InChI=1S/C19H29NO/c1-15(2)18(3)13-20-14-19(21-18)11-9-17(10-12-19)16-7-5-4-6-8-16/h4-8,15,17,20H,9-14H2,1-3H3. The summed E-state index contributed by atoms with van der Waals surface area (Å²) in [6.45, 7) is 8.83. The number of ether oxygens (including phenoxy) is 1. The molecule has 2 aliphatic rings. The lowest BCUT2D eigenvalue weighted by Gasteiger charge is -2.51. The molecule has 1 N–H and O–H groups in total. The van der Waals surface area contributed by atoms with Crippen LogP contribution in [0.4, 0.5) is 0 Å². The fourth-order valence-electron chi connectivity index (χ4n) is 3.91. The minimum atomic E-state index is -0.0160. The van der Waals surface area contributed by atoms with Crippen LogP contribution in [-0.4, -0.2) is 24.3 Å². The molecule has 1 aromatic carbocycles. The van der Waals surface area contributed by atoms with E-state index in [1.165, 1.54) is 31.2 Å². The molecule has 2 fully saturated rings. The summed E-state index contributed by atoms with van der Waals surface area (Å²) in [6.07, 6.45) is 4.86. The van der Waals surface area contributed by atoms with Gasteiger partial charge in [0.25, 0.3) is 0 Å². The van der Waals surface area contributed by atoms with Gasteiger partial charge < -0.3 is 10.1 Å².